The highest BCUT2D eigenvalue weighted by Crippen LogP contribution is 2.33. The molecule has 0 bridgehead atoms. The number of aryl methyl sites for hydroxylation is 1. The maximum atomic E-state index is 6.10. The summed E-state index contributed by atoms with van der Waals surface area (Å²) in [5.74, 6) is 0.537. The average Bonchev–Trinajstić information content (AvgIpc) is 2.82. The first kappa shape index (κ1) is 12.7. The molecule has 1 aliphatic heterocycles. The number of hydrogen-bond donors (Lipinski definition) is 1. The second kappa shape index (κ2) is 5.35. The van der Waals surface area contributed by atoms with E-state index in [9.17, 15) is 0 Å². The number of nitrogens with zero attached hydrogens (tertiary/aromatic N) is 2. The van der Waals surface area contributed by atoms with Crippen molar-refractivity contribution in [1.82, 2.24) is 15.1 Å². The van der Waals surface area contributed by atoms with Crippen LogP contribution in [0.5, 0.6) is 0 Å². The van der Waals surface area contributed by atoms with Gasteiger partial charge in [-0.05, 0) is 37.1 Å². The lowest BCUT2D eigenvalue weighted by Crippen LogP contribution is -2.29. The summed E-state index contributed by atoms with van der Waals surface area (Å²) in [5.41, 5.74) is 3.68. The molecule has 1 aromatic carbocycles. The highest BCUT2D eigenvalue weighted by molar-refractivity contribution is 6.30. The number of piperidine rings is 1. The molecule has 1 saturated heterocycles. The Balaban J connectivity index is 2.02. The number of rotatable bonds is 2. The molecule has 1 aliphatic rings. The fourth-order valence-corrected chi connectivity index (χ4v) is 3.09. The molecule has 1 atom stereocenters. The van der Waals surface area contributed by atoms with Crippen molar-refractivity contribution in [2.75, 3.05) is 13.1 Å². The van der Waals surface area contributed by atoms with Gasteiger partial charge in [-0.2, -0.15) is 5.10 Å². The van der Waals surface area contributed by atoms with E-state index in [1.165, 1.54) is 24.1 Å². The van der Waals surface area contributed by atoms with Gasteiger partial charge in [0.2, 0.25) is 0 Å². The van der Waals surface area contributed by atoms with E-state index in [0.717, 1.165) is 23.7 Å². The Bertz CT molecular complexity index is 571. The Morgan fingerprint density at radius 2 is 2.32 bits per heavy atom. The van der Waals surface area contributed by atoms with E-state index in [4.69, 9.17) is 11.6 Å². The zero-order valence-corrected chi connectivity index (χ0v) is 11.8. The van der Waals surface area contributed by atoms with Gasteiger partial charge in [-0.25, -0.2) is 0 Å². The molecular formula is C15H18ClN3. The van der Waals surface area contributed by atoms with Crippen LogP contribution in [0.15, 0.2) is 30.5 Å². The quantitative estimate of drug-likeness (QED) is 0.912. The molecular weight excluding hydrogens is 258 g/mol. The highest BCUT2D eigenvalue weighted by atomic mass is 35.5. The minimum atomic E-state index is 0.537. The van der Waals surface area contributed by atoms with Gasteiger partial charge in [0.05, 0.1) is 11.9 Å². The van der Waals surface area contributed by atoms with E-state index >= 15 is 0 Å². The number of benzene rings is 1. The van der Waals surface area contributed by atoms with E-state index in [1.54, 1.807) is 0 Å². The first-order valence-corrected chi connectivity index (χ1v) is 7.12. The van der Waals surface area contributed by atoms with Gasteiger partial charge in [-0.3, -0.25) is 4.68 Å². The number of nitrogens with one attached hydrogen (secondary N) is 1. The Labute approximate surface area is 118 Å². The van der Waals surface area contributed by atoms with Gasteiger partial charge in [-0.15, -0.1) is 0 Å². The van der Waals surface area contributed by atoms with Crippen LogP contribution in [0.2, 0.25) is 5.02 Å². The van der Waals surface area contributed by atoms with E-state index < -0.39 is 0 Å². The maximum Gasteiger partial charge on any atom is 0.0571 e. The molecule has 0 aliphatic carbocycles. The molecule has 0 spiro atoms. The maximum absolute atomic E-state index is 6.10. The fraction of sp³-hybridized carbons (Fsp3) is 0.400. The van der Waals surface area contributed by atoms with Crippen LogP contribution in [-0.2, 0) is 7.05 Å². The highest BCUT2D eigenvalue weighted by Gasteiger charge is 2.22. The monoisotopic (exact) mass is 275 g/mol. The molecule has 2 aromatic rings. The van der Waals surface area contributed by atoms with Crippen molar-refractivity contribution in [3.8, 4) is 11.1 Å². The Morgan fingerprint density at radius 1 is 1.42 bits per heavy atom. The van der Waals surface area contributed by atoms with Crippen LogP contribution < -0.4 is 5.32 Å². The van der Waals surface area contributed by atoms with Gasteiger partial charge in [0.15, 0.2) is 0 Å². The van der Waals surface area contributed by atoms with Crippen molar-refractivity contribution >= 4 is 11.6 Å². The van der Waals surface area contributed by atoms with Crippen LogP contribution in [0.1, 0.15) is 24.5 Å². The smallest absolute Gasteiger partial charge is 0.0571 e. The predicted molar refractivity (Wildman–Crippen MR) is 78.5 cm³/mol. The molecule has 0 radical (unpaired) electrons. The molecule has 1 unspecified atom stereocenters. The number of halogens is 1. The van der Waals surface area contributed by atoms with Gasteiger partial charge < -0.3 is 5.32 Å². The Hall–Kier alpha value is -1.32. The van der Waals surface area contributed by atoms with Crippen LogP contribution in [0.4, 0.5) is 0 Å². The summed E-state index contributed by atoms with van der Waals surface area (Å²) in [7, 11) is 2.03. The van der Waals surface area contributed by atoms with Crippen molar-refractivity contribution in [3.05, 3.63) is 41.2 Å². The Kier molecular flexibility index (Phi) is 3.58. The van der Waals surface area contributed by atoms with Crippen molar-refractivity contribution in [2.24, 2.45) is 7.05 Å². The first-order valence-electron chi connectivity index (χ1n) is 6.74. The van der Waals surface area contributed by atoms with E-state index in [0.29, 0.717) is 5.92 Å². The summed E-state index contributed by atoms with van der Waals surface area (Å²) < 4.78 is 2.01. The minimum absolute atomic E-state index is 0.537. The van der Waals surface area contributed by atoms with Gasteiger partial charge >= 0.3 is 0 Å². The molecule has 1 N–H and O–H groups in total. The topological polar surface area (TPSA) is 29.9 Å². The lowest BCUT2D eigenvalue weighted by molar-refractivity contribution is 0.442. The van der Waals surface area contributed by atoms with Crippen LogP contribution in [0.25, 0.3) is 11.1 Å². The summed E-state index contributed by atoms with van der Waals surface area (Å²) in [6, 6.07) is 8.01. The zero-order chi connectivity index (χ0) is 13.2. The summed E-state index contributed by atoms with van der Waals surface area (Å²) in [5, 5.41) is 8.69. The van der Waals surface area contributed by atoms with Gasteiger partial charge in [-0.1, -0.05) is 23.7 Å². The van der Waals surface area contributed by atoms with Crippen molar-refractivity contribution in [1.29, 1.82) is 0 Å². The predicted octanol–water partition coefficient (Wildman–Crippen LogP) is 3.21. The van der Waals surface area contributed by atoms with Crippen molar-refractivity contribution in [2.45, 2.75) is 18.8 Å². The SMILES string of the molecule is Cn1ncc(-c2cccc(Cl)c2)c1C1CCCNC1. The van der Waals surface area contributed by atoms with E-state index in [-0.39, 0.29) is 0 Å². The third kappa shape index (κ3) is 2.53. The second-order valence-corrected chi connectivity index (χ2v) is 5.56. The lowest BCUT2D eigenvalue weighted by Gasteiger charge is -2.24. The molecule has 1 fully saturated rings. The molecule has 0 saturated carbocycles. The molecule has 3 rings (SSSR count). The van der Waals surface area contributed by atoms with Crippen LogP contribution in [0, 0.1) is 0 Å². The fourth-order valence-electron chi connectivity index (χ4n) is 2.89. The molecule has 2 heterocycles. The summed E-state index contributed by atoms with van der Waals surface area (Å²) >= 11 is 6.10. The number of hydrogen-bond acceptors (Lipinski definition) is 2. The van der Waals surface area contributed by atoms with Crippen LogP contribution in [0.3, 0.4) is 0 Å². The molecule has 3 nitrogen and oxygen atoms in total. The van der Waals surface area contributed by atoms with Crippen molar-refractivity contribution < 1.29 is 0 Å². The summed E-state index contributed by atoms with van der Waals surface area (Å²) in [4.78, 5) is 0. The molecule has 1 aromatic heterocycles. The van der Waals surface area contributed by atoms with E-state index in [1.807, 2.05) is 36.1 Å². The summed E-state index contributed by atoms with van der Waals surface area (Å²) in [6.45, 7) is 2.16. The third-order valence-corrected chi connectivity index (χ3v) is 4.04. The normalized spacial score (nSPS) is 19.6. The second-order valence-electron chi connectivity index (χ2n) is 5.12. The van der Waals surface area contributed by atoms with Crippen LogP contribution in [-0.4, -0.2) is 22.9 Å². The lowest BCUT2D eigenvalue weighted by atomic mass is 9.91. The number of aromatic nitrogens is 2. The molecule has 0 amide bonds. The van der Waals surface area contributed by atoms with Crippen molar-refractivity contribution in [3.63, 3.8) is 0 Å². The minimum Gasteiger partial charge on any atom is -0.316 e. The molecule has 19 heavy (non-hydrogen) atoms. The van der Waals surface area contributed by atoms with Gasteiger partial charge in [0.25, 0.3) is 0 Å². The summed E-state index contributed by atoms with van der Waals surface area (Å²) in [6.07, 6.45) is 4.40. The standard InChI is InChI=1S/C15H18ClN3/c1-19-15(12-5-3-7-17-9-12)14(10-18-19)11-4-2-6-13(16)8-11/h2,4,6,8,10,12,17H,3,5,7,9H2,1H3. The largest absolute Gasteiger partial charge is 0.316 e. The molecule has 4 heteroatoms. The third-order valence-electron chi connectivity index (χ3n) is 3.80. The van der Waals surface area contributed by atoms with Crippen LogP contribution >= 0.6 is 11.6 Å². The zero-order valence-electron chi connectivity index (χ0n) is 11.1. The Morgan fingerprint density at radius 3 is 3.05 bits per heavy atom. The first-order chi connectivity index (χ1) is 9.25. The molecule has 100 valence electrons. The van der Waals surface area contributed by atoms with Gasteiger partial charge in [0.1, 0.15) is 0 Å². The average molecular weight is 276 g/mol. The van der Waals surface area contributed by atoms with E-state index in [2.05, 4.69) is 16.5 Å². The van der Waals surface area contributed by atoms with Gasteiger partial charge in [0, 0.05) is 30.1 Å².